The van der Waals surface area contributed by atoms with Gasteiger partial charge in [0.1, 0.15) is 17.0 Å². The van der Waals surface area contributed by atoms with Crippen molar-refractivity contribution in [1.82, 2.24) is 19.9 Å². The number of hydrogen-bond acceptors (Lipinski definition) is 10. The molecule has 2 aromatic heterocycles. The van der Waals surface area contributed by atoms with Crippen LogP contribution in [-0.2, 0) is 14.3 Å². The summed E-state index contributed by atoms with van der Waals surface area (Å²) in [6.45, 7) is 7.26. The second-order valence-electron chi connectivity index (χ2n) is 10.6. The van der Waals surface area contributed by atoms with E-state index in [4.69, 9.17) is 47.4 Å². The Labute approximate surface area is 259 Å². The Morgan fingerprint density at radius 1 is 1.16 bits per heavy atom. The number of likely N-dealkylation sites (tertiary alicyclic amines) is 1. The van der Waals surface area contributed by atoms with Gasteiger partial charge in [-0.2, -0.15) is 0 Å². The van der Waals surface area contributed by atoms with Gasteiger partial charge in [0.2, 0.25) is 11.9 Å². The first kappa shape index (κ1) is 30.8. The van der Waals surface area contributed by atoms with E-state index in [2.05, 4.69) is 22.2 Å². The number of hydrogen-bond donors (Lipinski definition) is 2. The molecule has 0 radical (unpaired) electrons. The third-order valence-electron chi connectivity index (χ3n) is 7.81. The molecule has 0 spiro atoms. The SMILES string of the molecule is C=CC(=O)C[C@H]1CN(C(C)=O)C[C@H]1Nc1ncc2cc(-c3c(Cl)c(OC)cc(OC)c3Cl)nc(NCC3CCCO3)c2n1. The second kappa shape index (κ2) is 13.3. The molecule has 2 aliphatic heterocycles. The maximum atomic E-state index is 12.2. The van der Waals surface area contributed by atoms with Crippen molar-refractivity contribution in [2.45, 2.75) is 38.3 Å². The van der Waals surface area contributed by atoms with Crippen LogP contribution in [-0.4, -0.2) is 84.1 Å². The molecule has 2 fully saturated rings. The number of ether oxygens (including phenoxy) is 3. The number of ketones is 1. The molecule has 1 amide bonds. The van der Waals surface area contributed by atoms with Crippen LogP contribution < -0.4 is 20.1 Å². The first-order valence-corrected chi connectivity index (χ1v) is 14.8. The second-order valence-corrected chi connectivity index (χ2v) is 11.4. The molecular weight excluding hydrogens is 595 g/mol. The fraction of sp³-hybridized carbons (Fsp3) is 0.433. The highest BCUT2D eigenvalue weighted by atomic mass is 35.5. The molecule has 0 saturated carbocycles. The molecule has 1 unspecified atom stereocenters. The number of aromatic nitrogens is 3. The molecule has 11 nitrogen and oxygen atoms in total. The van der Waals surface area contributed by atoms with Crippen LogP contribution in [0.25, 0.3) is 22.2 Å². The average Bonchev–Trinajstić information content (AvgIpc) is 3.66. The molecule has 0 aliphatic carbocycles. The maximum Gasteiger partial charge on any atom is 0.223 e. The van der Waals surface area contributed by atoms with Gasteiger partial charge in [-0.15, -0.1) is 0 Å². The number of nitrogens with one attached hydrogen (secondary N) is 2. The van der Waals surface area contributed by atoms with Crippen molar-refractivity contribution >= 4 is 57.6 Å². The summed E-state index contributed by atoms with van der Waals surface area (Å²) >= 11 is 13.5. The van der Waals surface area contributed by atoms with E-state index in [1.807, 2.05) is 0 Å². The van der Waals surface area contributed by atoms with Gasteiger partial charge in [0.15, 0.2) is 11.6 Å². The summed E-state index contributed by atoms with van der Waals surface area (Å²) in [5.41, 5.74) is 1.50. The highest BCUT2D eigenvalue weighted by molar-refractivity contribution is 6.41. The smallest absolute Gasteiger partial charge is 0.223 e. The van der Waals surface area contributed by atoms with Crippen LogP contribution in [0.1, 0.15) is 26.2 Å². The first-order chi connectivity index (χ1) is 20.7. The van der Waals surface area contributed by atoms with Gasteiger partial charge in [-0.05, 0) is 25.0 Å². The topological polar surface area (TPSA) is 128 Å². The minimum Gasteiger partial charge on any atom is -0.495 e. The Kier molecular flexibility index (Phi) is 9.53. The van der Waals surface area contributed by atoms with E-state index in [0.29, 0.717) is 75.1 Å². The van der Waals surface area contributed by atoms with Crippen LogP contribution in [0.2, 0.25) is 10.0 Å². The van der Waals surface area contributed by atoms with Gasteiger partial charge in [-0.3, -0.25) is 9.59 Å². The first-order valence-electron chi connectivity index (χ1n) is 14.0. The van der Waals surface area contributed by atoms with Crippen LogP contribution in [0, 0.1) is 5.92 Å². The molecule has 0 bridgehead atoms. The van der Waals surface area contributed by atoms with Gasteiger partial charge in [-0.1, -0.05) is 29.8 Å². The van der Waals surface area contributed by atoms with Crippen LogP contribution in [0.4, 0.5) is 11.8 Å². The Morgan fingerprint density at radius 3 is 2.53 bits per heavy atom. The number of allylic oxidation sites excluding steroid dienone is 1. The summed E-state index contributed by atoms with van der Waals surface area (Å²) in [5, 5.41) is 8.04. The van der Waals surface area contributed by atoms with Crippen molar-refractivity contribution in [2.75, 3.05) is 51.1 Å². The van der Waals surface area contributed by atoms with E-state index in [0.717, 1.165) is 19.4 Å². The van der Waals surface area contributed by atoms with Crippen LogP contribution in [0.3, 0.4) is 0 Å². The van der Waals surface area contributed by atoms with E-state index < -0.39 is 0 Å². The average molecular weight is 630 g/mol. The largest absolute Gasteiger partial charge is 0.495 e. The summed E-state index contributed by atoms with van der Waals surface area (Å²) in [5.74, 6) is 1.40. The lowest BCUT2D eigenvalue weighted by atomic mass is 9.97. The Morgan fingerprint density at radius 2 is 1.91 bits per heavy atom. The Bertz CT molecular complexity index is 1520. The number of anilines is 2. The highest BCUT2D eigenvalue weighted by Crippen LogP contribution is 2.46. The number of carbonyl (C=O) groups excluding carboxylic acids is 2. The predicted molar refractivity (Wildman–Crippen MR) is 166 cm³/mol. The number of nitrogens with zero attached hydrogens (tertiary/aromatic N) is 4. The van der Waals surface area contributed by atoms with Crippen molar-refractivity contribution in [1.29, 1.82) is 0 Å². The molecule has 43 heavy (non-hydrogen) atoms. The van der Waals surface area contributed by atoms with Crippen molar-refractivity contribution < 1.29 is 23.8 Å². The number of rotatable bonds is 11. The number of benzene rings is 1. The molecule has 2 saturated heterocycles. The third-order valence-corrected chi connectivity index (χ3v) is 8.56. The molecule has 228 valence electrons. The zero-order valence-electron chi connectivity index (χ0n) is 24.3. The minimum atomic E-state index is -0.220. The number of halogens is 2. The van der Waals surface area contributed by atoms with Gasteiger partial charge in [-0.25, -0.2) is 15.0 Å². The lowest BCUT2D eigenvalue weighted by Gasteiger charge is -2.20. The molecule has 3 aromatic rings. The van der Waals surface area contributed by atoms with Crippen LogP contribution >= 0.6 is 23.2 Å². The van der Waals surface area contributed by atoms with Crippen molar-refractivity contribution in [3.8, 4) is 22.8 Å². The van der Waals surface area contributed by atoms with Crippen molar-refractivity contribution in [3.63, 3.8) is 0 Å². The highest BCUT2D eigenvalue weighted by Gasteiger charge is 2.35. The molecule has 13 heteroatoms. The Hall–Kier alpha value is -3.67. The monoisotopic (exact) mass is 628 g/mol. The number of amides is 1. The molecule has 5 rings (SSSR count). The summed E-state index contributed by atoms with van der Waals surface area (Å²) in [7, 11) is 3.03. The number of methoxy groups -OCH3 is 2. The van der Waals surface area contributed by atoms with E-state index in [-0.39, 0.29) is 36.2 Å². The fourth-order valence-corrected chi connectivity index (χ4v) is 6.19. The van der Waals surface area contributed by atoms with Gasteiger partial charge in [0.05, 0.1) is 42.1 Å². The zero-order chi connectivity index (χ0) is 30.7. The number of carbonyl (C=O) groups is 2. The molecular formula is C30H34Cl2N6O5. The number of pyridine rings is 1. The third kappa shape index (κ3) is 6.63. The van der Waals surface area contributed by atoms with Crippen LogP contribution in [0.5, 0.6) is 11.5 Å². The van der Waals surface area contributed by atoms with E-state index >= 15 is 0 Å². The summed E-state index contributed by atoms with van der Waals surface area (Å²) in [4.78, 5) is 40.3. The Balaban J connectivity index is 1.54. The van der Waals surface area contributed by atoms with E-state index in [1.165, 1.54) is 27.2 Å². The van der Waals surface area contributed by atoms with Crippen molar-refractivity contribution in [3.05, 3.63) is 41.0 Å². The molecule has 1 aromatic carbocycles. The molecule has 2 aliphatic rings. The lowest BCUT2D eigenvalue weighted by Crippen LogP contribution is -2.31. The molecule has 3 atom stereocenters. The maximum absolute atomic E-state index is 12.2. The zero-order valence-corrected chi connectivity index (χ0v) is 25.8. The van der Waals surface area contributed by atoms with Gasteiger partial charge < -0.3 is 29.7 Å². The summed E-state index contributed by atoms with van der Waals surface area (Å²) < 4.78 is 16.7. The van der Waals surface area contributed by atoms with E-state index in [1.54, 1.807) is 23.2 Å². The molecule has 2 N–H and O–H groups in total. The normalized spacial score (nSPS) is 19.8. The van der Waals surface area contributed by atoms with Gasteiger partial charge in [0.25, 0.3) is 0 Å². The van der Waals surface area contributed by atoms with Crippen LogP contribution in [0.15, 0.2) is 31.0 Å². The van der Waals surface area contributed by atoms with Gasteiger partial charge in [0, 0.05) is 68.7 Å². The summed E-state index contributed by atoms with van der Waals surface area (Å²) in [6, 6.07) is 3.21. The lowest BCUT2D eigenvalue weighted by molar-refractivity contribution is -0.128. The summed E-state index contributed by atoms with van der Waals surface area (Å²) in [6.07, 6.45) is 5.25. The standard InChI is InChI=1S/C30H34Cl2N6O5/c1-5-19(40)9-18-14-38(16(2)39)15-22(18)36-30-34-12-17-10-21(25-26(31)23(41-3)11-24(42-4)27(25)32)35-29(28(17)37-30)33-13-20-7-6-8-43-20/h5,10-12,18,20,22H,1,6-9,13-15H2,2-4H3,(H,33,35)(H,34,36,37)/t18-,20?,22+/m0/s1. The quantitative estimate of drug-likeness (QED) is 0.280. The fourth-order valence-electron chi connectivity index (χ4n) is 5.49. The van der Waals surface area contributed by atoms with E-state index in [9.17, 15) is 9.59 Å². The number of fused-ring (bicyclic) bond motifs is 1. The van der Waals surface area contributed by atoms with Gasteiger partial charge >= 0.3 is 0 Å². The minimum absolute atomic E-state index is 0.0447. The molecule has 4 heterocycles. The van der Waals surface area contributed by atoms with Crippen molar-refractivity contribution in [2.24, 2.45) is 5.92 Å². The predicted octanol–water partition coefficient (Wildman–Crippen LogP) is 5.01.